The first-order chi connectivity index (χ1) is 55.5. The van der Waals surface area contributed by atoms with E-state index in [0.717, 1.165) is 21.7 Å². The predicted molar refractivity (Wildman–Crippen MR) is 383 cm³/mol. The first kappa shape index (κ1) is 66.6. The lowest BCUT2D eigenvalue weighted by molar-refractivity contribution is -0.0447. The van der Waals surface area contributed by atoms with Crippen LogP contribution in [0.15, 0.2) is 58.0 Å². The molecule has 5 unspecified atom stereocenters. The van der Waals surface area contributed by atoms with Gasteiger partial charge in [0.2, 0.25) is 23.8 Å². The summed E-state index contributed by atoms with van der Waals surface area (Å²) in [6.45, 7) is -14.5. The van der Waals surface area contributed by atoms with Crippen LogP contribution in [0.5, 0.6) is 0 Å². The molecule has 580 valence electrons. The van der Waals surface area contributed by atoms with E-state index >= 15 is 0 Å². The van der Waals surface area contributed by atoms with E-state index in [1.165, 1.54) is 44.8 Å². The molecule has 0 saturated carbocycles. The smallest absolute Gasteiger partial charge is 0.280 e. The molecular weight excluding hydrogens is 1480 g/mol. The summed E-state index contributed by atoms with van der Waals surface area (Å²) in [5, 5.41) is 98.8. The highest BCUT2D eigenvalue weighted by Gasteiger charge is 2.59. The fraction of sp³-hybridized carbons (Fsp3) is 0.403. The Bertz CT molecular complexity index is 5800. The Kier molecular flexibility index (Phi) is 18.2. The van der Waals surface area contributed by atoms with Crippen molar-refractivity contribution in [3.8, 4) is 61.7 Å². The van der Waals surface area contributed by atoms with E-state index in [1.54, 1.807) is 0 Å². The highest BCUT2D eigenvalue weighted by molar-refractivity contribution is 7.71. The number of terminal acetylenes is 5. The number of anilines is 5. The maximum absolute atomic E-state index is 14.2. The number of aliphatic hydroxyl groups is 10. The summed E-state index contributed by atoms with van der Waals surface area (Å²) < 4.78 is 121. The molecule has 110 heavy (non-hydrogen) atoms. The van der Waals surface area contributed by atoms with E-state index in [-0.39, 0.29) is 73.5 Å². The predicted octanol–water partition coefficient (Wildman–Crippen LogP) is -10.2. The molecule has 15 rings (SSSR count). The van der Waals surface area contributed by atoms with Gasteiger partial charge in [-0.1, -0.05) is 41.8 Å². The number of ether oxygens (including phenoxy) is 5. The highest BCUT2D eigenvalue weighted by Crippen LogP contribution is 2.43. The number of nitrogens with one attached hydrogen (secondary N) is 4. The Morgan fingerprint density at radius 2 is 0.855 bits per heavy atom. The van der Waals surface area contributed by atoms with Crippen LogP contribution in [0, 0.1) is 72.2 Å². The topological polar surface area (TPSA) is 764 Å². The number of H-pyrrole nitrogens is 4. The second-order valence-electron chi connectivity index (χ2n) is 24.4. The van der Waals surface area contributed by atoms with Crippen LogP contribution in [-0.2, 0) is 23.7 Å². The van der Waals surface area contributed by atoms with Gasteiger partial charge in [0.15, 0.2) is 103 Å². The van der Waals surface area contributed by atoms with Crippen molar-refractivity contribution in [3.63, 3.8) is 0 Å². The van der Waals surface area contributed by atoms with Crippen molar-refractivity contribution in [3.05, 3.63) is 85.2 Å². The van der Waals surface area contributed by atoms with Crippen LogP contribution >= 0.6 is 12.2 Å². The number of hydrogen-bond acceptors (Lipinski definition) is 38. The van der Waals surface area contributed by atoms with E-state index in [4.69, 9.17) is 139 Å². The quantitative estimate of drug-likeness (QED) is 0.0447. The Labute approximate surface area is 633 Å². The van der Waals surface area contributed by atoms with Crippen LogP contribution in [0.25, 0.3) is 55.6 Å². The third-order valence-corrected chi connectivity index (χ3v) is 18.2. The number of rotatable bonds is 10. The molecule has 10 aromatic rings. The Balaban J connectivity index is 0.000000147. The molecule has 5 aliphatic heterocycles. The molecule has 0 aliphatic carbocycles. The minimum absolute atomic E-state index is 0.0160. The molecule has 5 aliphatic rings. The number of nitrogen functional groups attached to an aromatic ring is 5. The summed E-state index contributed by atoms with van der Waals surface area (Å²) in [6, 6.07) is 1.42. The summed E-state index contributed by atoms with van der Waals surface area (Å²) in [6.07, 6.45) is 10.7. The van der Waals surface area contributed by atoms with Gasteiger partial charge < -0.3 is 142 Å². The van der Waals surface area contributed by atoms with Crippen molar-refractivity contribution in [1.82, 2.24) is 87.6 Å². The summed E-state index contributed by atoms with van der Waals surface area (Å²) in [5.41, 5.74) is 47.4. The zero-order valence-corrected chi connectivity index (χ0v) is 56.5. The molecule has 48 heteroatoms. The molecule has 10 aromatic heterocycles. The number of aliphatic hydroxyl groups excluding tert-OH is 5. The minimum Gasteiger partial charge on any atom is -0.394 e. The van der Waals surface area contributed by atoms with Crippen LogP contribution in [0.1, 0.15) is 44.8 Å². The van der Waals surface area contributed by atoms with E-state index in [9.17, 15) is 69.8 Å². The molecule has 0 aromatic carbocycles. The van der Waals surface area contributed by atoms with E-state index in [1.807, 2.05) is 0 Å². The Morgan fingerprint density at radius 1 is 0.482 bits per heavy atom. The van der Waals surface area contributed by atoms with E-state index in [2.05, 4.69) is 94.4 Å². The van der Waals surface area contributed by atoms with Crippen molar-refractivity contribution in [2.45, 2.75) is 120 Å². The number of fused-ring (bicyclic) bond motifs is 5. The lowest BCUT2D eigenvalue weighted by Gasteiger charge is -2.27. The largest absolute Gasteiger partial charge is 0.394 e. The summed E-state index contributed by atoms with van der Waals surface area (Å²) in [4.78, 5) is 80.5. The van der Waals surface area contributed by atoms with Gasteiger partial charge in [-0.2, -0.15) is 19.9 Å². The molecule has 0 amide bonds. The van der Waals surface area contributed by atoms with E-state index < -0.39 is 181 Å². The van der Waals surface area contributed by atoms with Crippen LogP contribution in [-0.4, -0.2) is 260 Å². The highest BCUT2D eigenvalue weighted by atomic mass is 32.1. The average molecular weight is 1560 g/mol. The van der Waals surface area contributed by atoms with Gasteiger partial charge in [-0.3, -0.25) is 47.6 Å². The molecule has 5 fully saturated rings. The third kappa shape index (κ3) is 13.2. The first-order valence-electron chi connectivity index (χ1n) is 35.9. The molecule has 46 nitrogen and oxygen atoms in total. The fourth-order valence-corrected chi connectivity index (χ4v) is 12.4. The summed E-state index contributed by atoms with van der Waals surface area (Å²) in [7, 11) is 0. The van der Waals surface area contributed by atoms with Crippen LogP contribution in [0.4, 0.5) is 34.1 Å². The van der Waals surface area contributed by atoms with Crippen molar-refractivity contribution < 1.29 is 92.8 Å². The van der Waals surface area contributed by atoms with Crippen LogP contribution in [0.2, 0.25) is 0 Å². The standard InChI is InChI=1S/C13H14FN5O4.C13H15N5O4.C12H14N6O4.C12H14N6O3S.C12H14N6O3/c1-2-13(16)8(21)6(4-20)23-11(13)19-3-5(14)7-9(19)17-12(15)18-10(7)22;1-2-13(15)8(20)7(5-19)22-11(13)18-4-3-6-9(18)16-12(14)17-10(6)21;1-2-12(14)7(20)5(3-19)22-10(12)18-4-15-6-8(18)16-11(13)17-9(6)21;1-2-12(14)7(20)5(3-19)21-10(12)18-4-15-6-8(18)16-11(13)17-9(6)22;1-2-12(14)8(20)7(4-19)21-10(12)18-5-16-6-3-15-11(13)17-9(6)18/h1,3,6,8,11,20-21H,4,16H2,(H3,15,17,18,22);1,3-4,7-8,11,19-20H,5,15H2,(H3,14,16,17,21);1,4-5,7,10,19-20H,3,14H2,(H3,13,16,17,21);1,4-5,7,10,19-20H,3,14H2,(H3,13,16,17,22);1,3,5,7-8,10,19-20H,4,14H2,(H2,13,15,17)/t6-,8+,11-,13?;7-,8+,11-,13?;2*5-,7+,10-,12?;7-,8+,10-,12?/m11111/s1/i4D2;5D2;2*3D2;4D2. The zero-order valence-electron chi connectivity index (χ0n) is 65.6. The second kappa shape index (κ2) is 30.1. The van der Waals surface area contributed by atoms with Crippen molar-refractivity contribution in [2.75, 3.05) is 61.5 Å². The lowest BCUT2D eigenvalue weighted by Crippen LogP contribution is -2.53. The van der Waals surface area contributed by atoms with Gasteiger partial charge in [0.05, 0.1) is 77.1 Å². The van der Waals surface area contributed by atoms with Crippen LogP contribution in [0.3, 0.4) is 0 Å². The van der Waals surface area contributed by atoms with Crippen molar-refractivity contribution in [2.24, 2.45) is 28.7 Å². The van der Waals surface area contributed by atoms with Gasteiger partial charge in [0.1, 0.15) is 83.1 Å². The molecule has 34 N–H and O–H groups in total. The molecule has 0 spiro atoms. The molecule has 5 saturated heterocycles. The van der Waals surface area contributed by atoms with Gasteiger partial charge in [0.25, 0.3) is 16.7 Å². The zero-order chi connectivity index (χ0) is 89.3. The van der Waals surface area contributed by atoms with Crippen molar-refractivity contribution in [1.29, 1.82) is 0 Å². The van der Waals surface area contributed by atoms with Gasteiger partial charge in [-0.05, 0) is 6.07 Å². The molecule has 0 bridgehead atoms. The maximum Gasteiger partial charge on any atom is 0.280 e. The van der Waals surface area contributed by atoms with Gasteiger partial charge in [-0.25, -0.2) is 29.3 Å². The summed E-state index contributed by atoms with van der Waals surface area (Å²) in [5.74, 6) is 9.22. The normalized spacial score (nSPS) is 33.5. The summed E-state index contributed by atoms with van der Waals surface area (Å²) >= 11 is 5.07. The number of imidazole rings is 3. The molecule has 15 heterocycles. The van der Waals surface area contributed by atoms with Crippen LogP contribution < -0.4 is 74.0 Å². The second-order valence-corrected chi connectivity index (χ2v) is 24.8. The monoisotopic (exact) mass is 1560 g/mol. The number of halogens is 1. The average Bonchev–Trinajstić information content (AvgIpc) is 1.62. The van der Waals surface area contributed by atoms with Crippen molar-refractivity contribution >= 4 is 97.5 Å². The molecule has 20 atom stereocenters. The minimum atomic E-state index is -2.99. The lowest BCUT2D eigenvalue weighted by atomic mass is 9.92. The fourth-order valence-electron chi connectivity index (χ4n) is 12.2. The first-order valence-corrected chi connectivity index (χ1v) is 31.3. The number of aromatic amines is 4. The van der Waals surface area contributed by atoms with Gasteiger partial charge in [-0.15, -0.1) is 32.1 Å². The Hall–Kier alpha value is -11.6. The molecular formula is C62H71FN28O18S. The maximum atomic E-state index is 14.2. The van der Waals surface area contributed by atoms with Gasteiger partial charge in [0, 0.05) is 12.4 Å². The third-order valence-electron chi connectivity index (χ3n) is 18.0. The molecule has 0 radical (unpaired) electrons. The number of hydrogen-bond donors (Lipinski definition) is 24. The number of aromatic nitrogens is 18. The number of nitrogens with two attached hydrogens (primary N) is 10. The number of nitrogens with zero attached hydrogens (tertiary/aromatic N) is 14. The SMILES string of the molecule is [2H]C([2H])(O)[C@H]1O[C@@H](n2cc(F)c3c(=O)[nH]c(N)nc32)C(N)(C#C)[C@H]1O.[2H]C([2H])(O)[C@H]1O[C@@H](n2ccc3c(=O)[nH]c(N)nc32)C(N)(C#C)[C@H]1O.[2H]C([2H])(O)[C@H]1O[C@@H](n2cnc3c(=O)[nH]c(N)nc32)C(N)(C#C)[C@H]1O.[2H]C([2H])(O)[C@H]1O[C@@H](n2cnc3c(=S)nc(N)[nH]c32)C(N)(C#C)[C@H]1O.[2H]C([2H])(O)[C@H]1O[C@@H](n2cnc3cnc(N)nc32)C(N)(C#C)[C@H]1O. The van der Waals surface area contributed by atoms with E-state index in [0.29, 0.717) is 11.0 Å². The van der Waals surface area contributed by atoms with Gasteiger partial charge >= 0.3 is 0 Å². The Morgan fingerprint density at radius 3 is 1.32 bits per heavy atom.